The largest absolute Gasteiger partial charge is 0.396 e. The van der Waals surface area contributed by atoms with E-state index in [2.05, 4.69) is 5.32 Å². The van der Waals surface area contributed by atoms with Gasteiger partial charge in [-0.05, 0) is 42.1 Å². The number of anilines is 1. The average molecular weight is 347 g/mol. The second-order valence-electron chi connectivity index (χ2n) is 4.55. The smallest absolute Gasteiger partial charge is 0.341 e. The van der Waals surface area contributed by atoms with Crippen LogP contribution in [-0.4, -0.2) is 25.9 Å². The van der Waals surface area contributed by atoms with Gasteiger partial charge >= 0.3 is 5.76 Å². The van der Waals surface area contributed by atoms with E-state index in [4.69, 9.17) is 5.11 Å². The second-order valence-corrected chi connectivity index (χ2v) is 7.45. The van der Waals surface area contributed by atoms with E-state index in [1.807, 2.05) is 17.5 Å². The molecule has 4 nitrogen and oxygen atoms in total. The summed E-state index contributed by atoms with van der Waals surface area (Å²) < 4.78 is 47.6. The van der Waals surface area contributed by atoms with Crippen LogP contribution in [0.5, 0.6) is 0 Å². The van der Waals surface area contributed by atoms with Crippen molar-refractivity contribution >= 4 is 26.9 Å². The Kier molecular flexibility index (Phi) is 5.49. The highest BCUT2D eigenvalue weighted by molar-refractivity contribution is 7.91. The van der Waals surface area contributed by atoms with Gasteiger partial charge in [0.2, 0.25) is 9.84 Å². The Hall–Kier alpha value is -1.51. The maximum absolute atomic E-state index is 12.5. The van der Waals surface area contributed by atoms with E-state index >= 15 is 0 Å². The minimum absolute atomic E-state index is 0.00654. The molecule has 0 saturated carbocycles. The predicted octanol–water partition coefficient (Wildman–Crippen LogP) is 3.28. The van der Waals surface area contributed by atoms with Gasteiger partial charge in [0.1, 0.15) is 0 Å². The van der Waals surface area contributed by atoms with Crippen LogP contribution in [-0.2, 0) is 9.84 Å². The van der Waals surface area contributed by atoms with Crippen LogP contribution in [0.25, 0.3) is 0 Å². The number of hydrogen-bond donors (Lipinski definition) is 2. The summed E-state index contributed by atoms with van der Waals surface area (Å²) in [6.45, 7) is -0.00654. The molecule has 8 heteroatoms. The molecule has 120 valence electrons. The van der Waals surface area contributed by atoms with Crippen LogP contribution in [0.4, 0.5) is 14.5 Å². The minimum Gasteiger partial charge on any atom is -0.396 e. The molecule has 2 aromatic rings. The normalized spacial score (nSPS) is 13.3. The highest BCUT2D eigenvalue weighted by atomic mass is 32.2. The molecule has 0 bridgehead atoms. The van der Waals surface area contributed by atoms with Crippen molar-refractivity contribution in [1.82, 2.24) is 0 Å². The SMILES string of the molecule is O=S(=O)(c1ccc(NC(CCO)c2cccs2)cc1)C(F)F. The standard InChI is InChI=1S/C14H15F2NO3S2/c15-14(16)22(19,20)11-5-3-10(4-6-11)17-12(7-8-18)13-2-1-9-21-13/h1-6,9,12,14,17-18H,7-8H2. The van der Waals surface area contributed by atoms with Gasteiger partial charge < -0.3 is 10.4 Å². The van der Waals surface area contributed by atoms with E-state index in [0.29, 0.717) is 12.1 Å². The highest BCUT2D eigenvalue weighted by Gasteiger charge is 2.26. The van der Waals surface area contributed by atoms with E-state index in [1.54, 1.807) is 0 Å². The number of hydrogen-bond acceptors (Lipinski definition) is 5. The zero-order valence-electron chi connectivity index (χ0n) is 11.4. The number of rotatable bonds is 7. The number of halogens is 2. The van der Waals surface area contributed by atoms with Gasteiger partial charge in [0.25, 0.3) is 0 Å². The lowest BCUT2D eigenvalue weighted by Crippen LogP contribution is -2.13. The molecule has 2 rings (SSSR count). The fourth-order valence-electron chi connectivity index (χ4n) is 1.95. The lowest BCUT2D eigenvalue weighted by Gasteiger charge is -2.18. The van der Waals surface area contributed by atoms with Crippen molar-refractivity contribution in [3.05, 3.63) is 46.7 Å². The van der Waals surface area contributed by atoms with Crippen molar-refractivity contribution in [2.75, 3.05) is 11.9 Å². The first kappa shape index (κ1) is 16.9. The van der Waals surface area contributed by atoms with Gasteiger partial charge in [0.15, 0.2) is 0 Å². The molecule has 1 aromatic carbocycles. The molecule has 1 unspecified atom stereocenters. The van der Waals surface area contributed by atoms with Gasteiger partial charge in [-0.3, -0.25) is 0 Å². The lowest BCUT2D eigenvalue weighted by atomic mass is 10.1. The number of nitrogens with one attached hydrogen (secondary N) is 1. The summed E-state index contributed by atoms with van der Waals surface area (Å²) >= 11 is 1.53. The molecule has 1 atom stereocenters. The van der Waals surface area contributed by atoms with E-state index in [-0.39, 0.29) is 12.6 Å². The van der Waals surface area contributed by atoms with Crippen molar-refractivity contribution in [3.8, 4) is 0 Å². The third-order valence-corrected chi connectivity index (χ3v) is 5.45. The Morgan fingerprint density at radius 3 is 2.36 bits per heavy atom. The fourth-order valence-corrected chi connectivity index (χ4v) is 3.48. The zero-order chi connectivity index (χ0) is 16.2. The molecule has 1 heterocycles. The van der Waals surface area contributed by atoms with Crippen LogP contribution < -0.4 is 5.32 Å². The van der Waals surface area contributed by atoms with E-state index < -0.39 is 20.5 Å². The summed E-state index contributed by atoms with van der Waals surface area (Å²) in [7, 11) is -4.57. The van der Waals surface area contributed by atoms with Gasteiger partial charge in [-0.15, -0.1) is 11.3 Å². The molecule has 2 N–H and O–H groups in total. The summed E-state index contributed by atoms with van der Waals surface area (Å²) in [5.74, 6) is -3.43. The first-order valence-electron chi connectivity index (χ1n) is 6.48. The van der Waals surface area contributed by atoms with Crippen molar-refractivity contribution in [2.24, 2.45) is 0 Å². The lowest BCUT2D eigenvalue weighted by molar-refractivity contribution is 0.234. The van der Waals surface area contributed by atoms with Crippen molar-refractivity contribution in [1.29, 1.82) is 0 Å². The van der Waals surface area contributed by atoms with E-state index in [1.165, 1.54) is 23.5 Å². The highest BCUT2D eigenvalue weighted by Crippen LogP contribution is 2.27. The number of alkyl halides is 2. The summed E-state index contributed by atoms with van der Waals surface area (Å²) in [6.07, 6.45) is 0.484. The molecule has 0 aliphatic carbocycles. The third kappa shape index (κ3) is 3.82. The predicted molar refractivity (Wildman–Crippen MR) is 82.0 cm³/mol. The van der Waals surface area contributed by atoms with Crippen LogP contribution in [0.1, 0.15) is 17.3 Å². The first-order valence-corrected chi connectivity index (χ1v) is 8.90. The quantitative estimate of drug-likeness (QED) is 0.807. The molecule has 0 saturated heterocycles. The molecule has 22 heavy (non-hydrogen) atoms. The molecule has 0 fully saturated rings. The molecule has 0 amide bonds. The summed E-state index contributed by atoms with van der Waals surface area (Å²) in [6, 6.07) is 8.86. The third-order valence-electron chi connectivity index (χ3n) is 3.06. The number of sulfone groups is 1. The van der Waals surface area contributed by atoms with Gasteiger partial charge in [-0.2, -0.15) is 8.78 Å². The maximum Gasteiger partial charge on any atom is 0.341 e. The number of aliphatic hydroxyl groups excluding tert-OH is 1. The Balaban J connectivity index is 2.16. The van der Waals surface area contributed by atoms with Crippen LogP contribution in [0, 0.1) is 0 Å². The van der Waals surface area contributed by atoms with Crippen LogP contribution >= 0.6 is 11.3 Å². The van der Waals surface area contributed by atoms with Crippen LogP contribution in [0.2, 0.25) is 0 Å². The summed E-state index contributed by atoms with van der Waals surface area (Å²) in [5.41, 5.74) is 0.597. The van der Waals surface area contributed by atoms with E-state index in [0.717, 1.165) is 17.0 Å². The molecule has 0 aliphatic heterocycles. The number of benzene rings is 1. The van der Waals surface area contributed by atoms with Crippen LogP contribution in [0.3, 0.4) is 0 Å². The Morgan fingerprint density at radius 2 is 1.86 bits per heavy atom. The fraction of sp³-hybridized carbons (Fsp3) is 0.286. The molecular weight excluding hydrogens is 332 g/mol. The average Bonchev–Trinajstić information content (AvgIpc) is 3.01. The maximum atomic E-state index is 12.5. The zero-order valence-corrected chi connectivity index (χ0v) is 13.1. The van der Waals surface area contributed by atoms with Crippen LogP contribution in [0.15, 0.2) is 46.7 Å². The molecular formula is C14H15F2NO3S2. The molecule has 0 radical (unpaired) electrons. The molecule has 0 spiro atoms. The molecule has 1 aromatic heterocycles. The van der Waals surface area contributed by atoms with Gasteiger partial charge in [0, 0.05) is 17.2 Å². The minimum atomic E-state index is -4.57. The summed E-state index contributed by atoms with van der Waals surface area (Å²) in [4.78, 5) is 0.612. The first-order chi connectivity index (χ1) is 10.4. The monoisotopic (exact) mass is 347 g/mol. The van der Waals surface area contributed by atoms with Crippen molar-refractivity contribution in [2.45, 2.75) is 23.1 Å². The topological polar surface area (TPSA) is 66.4 Å². The van der Waals surface area contributed by atoms with Crippen molar-refractivity contribution < 1.29 is 22.3 Å². The van der Waals surface area contributed by atoms with Gasteiger partial charge in [-0.25, -0.2) is 8.42 Å². The summed E-state index contributed by atoms with van der Waals surface area (Å²) in [5, 5.41) is 14.2. The number of aliphatic hydroxyl groups is 1. The number of thiophene rings is 1. The Morgan fingerprint density at radius 1 is 1.18 bits per heavy atom. The van der Waals surface area contributed by atoms with Gasteiger partial charge in [0.05, 0.1) is 10.9 Å². The Bertz CT molecular complexity index is 685. The van der Waals surface area contributed by atoms with Crippen molar-refractivity contribution in [3.63, 3.8) is 0 Å². The van der Waals surface area contributed by atoms with Gasteiger partial charge in [-0.1, -0.05) is 6.07 Å². The Labute approximate surface area is 131 Å². The molecule has 0 aliphatic rings. The van der Waals surface area contributed by atoms with E-state index in [9.17, 15) is 17.2 Å². The second kappa shape index (κ2) is 7.17.